The number of aliphatic imine (C=N–C) groups is 1. The molecule has 0 radical (unpaired) electrons. The van der Waals surface area contributed by atoms with Crippen LogP contribution in [0.4, 0.5) is 0 Å². The van der Waals surface area contributed by atoms with E-state index in [0.717, 1.165) is 38.4 Å². The molecule has 2 atom stereocenters. The Morgan fingerprint density at radius 1 is 1.25 bits per heavy atom. The minimum absolute atomic E-state index is 0. The van der Waals surface area contributed by atoms with Crippen molar-refractivity contribution in [3.63, 3.8) is 0 Å². The van der Waals surface area contributed by atoms with Gasteiger partial charge in [-0.25, -0.2) is 8.42 Å². The zero-order valence-corrected chi connectivity index (χ0v) is 20.4. The summed E-state index contributed by atoms with van der Waals surface area (Å²) in [6.07, 6.45) is 2.10. The highest BCUT2D eigenvalue weighted by atomic mass is 127. The lowest BCUT2D eigenvalue weighted by Gasteiger charge is -2.38. The van der Waals surface area contributed by atoms with Gasteiger partial charge < -0.3 is 10.6 Å². The fourth-order valence-electron chi connectivity index (χ4n) is 3.36. The number of halogens is 1. The Hall–Kier alpha value is -0.870. The zero-order valence-electron chi connectivity index (χ0n) is 17.2. The summed E-state index contributed by atoms with van der Waals surface area (Å²) in [6.45, 7) is 9.05. The number of nitrogens with zero attached hydrogens (tertiary/aromatic N) is 2. The molecule has 0 bridgehead atoms. The van der Waals surface area contributed by atoms with Gasteiger partial charge in [-0.1, -0.05) is 37.3 Å². The first-order chi connectivity index (χ1) is 12.9. The first-order valence-corrected chi connectivity index (χ1v) is 11.8. The fraction of sp³-hybridized carbons (Fsp3) is 0.650. The second-order valence-electron chi connectivity index (χ2n) is 7.17. The predicted octanol–water partition coefficient (Wildman–Crippen LogP) is 2.65. The van der Waals surface area contributed by atoms with E-state index in [-0.39, 0.29) is 35.5 Å². The molecule has 0 aliphatic carbocycles. The number of benzene rings is 1. The molecule has 1 aliphatic rings. The summed E-state index contributed by atoms with van der Waals surface area (Å²) in [5, 5.41) is 6.72. The van der Waals surface area contributed by atoms with E-state index in [9.17, 15) is 8.42 Å². The highest BCUT2D eigenvalue weighted by Gasteiger charge is 2.26. The van der Waals surface area contributed by atoms with E-state index < -0.39 is 9.84 Å². The number of likely N-dealkylation sites (tertiary alicyclic amines) is 1. The van der Waals surface area contributed by atoms with Crippen LogP contribution in [0.5, 0.6) is 0 Å². The molecule has 1 saturated heterocycles. The van der Waals surface area contributed by atoms with Gasteiger partial charge in [0.15, 0.2) is 15.8 Å². The topological polar surface area (TPSA) is 73.8 Å². The molecule has 0 saturated carbocycles. The number of rotatable bonds is 8. The molecule has 1 fully saturated rings. The molecular formula is C20H35IN4O2S. The molecular weight excluding hydrogens is 487 g/mol. The van der Waals surface area contributed by atoms with Crippen LogP contribution < -0.4 is 10.6 Å². The minimum Gasteiger partial charge on any atom is -0.357 e. The Labute approximate surface area is 187 Å². The van der Waals surface area contributed by atoms with E-state index in [1.54, 1.807) is 6.92 Å². The van der Waals surface area contributed by atoms with Gasteiger partial charge in [-0.05, 0) is 32.3 Å². The van der Waals surface area contributed by atoms with Crippen molar-refractivity contribution in [1.82, 2.24) is 15.5 Å². The minimum atomic E-state index is -2.98. The molecule has 2 unspecified atom stereocenters. The highest BCUT2D eigenvalue weighted by molar-refractivity contribution is 14.0. The quantitative estimate of drug-likeness (QED) is 0.312. The van der Waals surface area contributed by atoms with E-state index in [1.165, 1.54) is 5.56 Å². The summed E-state index contributed by atoms with van der Waals surface area (Å²) in [5.41, 5.74) is 1.35. The zero-order chi connectivity index (χ0) is 19.7. The number of sulfone groups is 1. The summed E-state index contributed by atoms with van der Waals surface area (Å²) in [6, 6.07) is 11.4. The molecule has 8 heteroatoms. The van der Waals surface area contributed by atoms with E-state index in [1.807, 2.05) is 6.92 Å². The van der Waals surface area contributed by atoms with E-state index in [4.69, 9.17) is 0 Å². The van der Waals surface area contributed by atoms with Crippen LogP contribution in [-0.2, 0) is 16.4 Å². The Morgan fingerprint density at radius 3 is 2.57 bits per heavy atom. The predicted molar refractivity (Wildman–Crippen MR) is 128 cm³/mol. The third-order valence-corrected chi connectivity index (χ3v) is 6.72. The van der Waals surface area contributed by atoms with Gasteiger partial charge in [0.1, 0.15) is 0 Å². The molecule has 0 amide bonds. The van der Waals surface area contributed by atoms with E-state index >= 15 is 0 Å². The molecule has 2 N–H and O–H groups in total. The first-order valence-electron chi connectivity index (χ1n) is 9.96. The monoisotopic (exact) mass is 522 g/mol. The molecule has 1 aliphatic heterocycles. The molecule has 2 rings (SSSR count). The van der Waals surface area contributed by atoms with Crippen LogP contribution in [-0.4, -0.2) is 62.5 Å². The highest BCUT2D eigenvalue weighted by Crippen LogP contribution is 2.19. The first kappa shape index (κ1) is 25.2. The maximum atomic E-state index is 11.6. The Kier molecular flexibility index (Phi) is 11.4. The van der Waals surface area contributed by atoms with Crippen molar-refractivity contribution in [2.24, 2.45) is 4.99 Å². The smallest absolute Gasteiger partial charge is 0.191 e. The summed E-state index contributed by atoms with van der Waals surface area (Å²) >= 11 is 0. The molecule has 1 aromatic carbocycles. The SMILES string of the molecule is CCNC(=NCCS(=O)(=O)CC)NC1CCN(Cc2ccccc2)C(C)C1.I. The largest absolute Gasteiger partial charge is 0.357 e. The summed E-state index contributed by atoms with van der Waals surface area (Å²) in [5.74, 6) is 0.994. The Balaban J connectivity index is 0.00000392. The van der Waals surface area contributed by atoms with Crippen LogP contribution in [0.25, 0.3) is 0 Å². The summed E-state index contributed by atoms with van der Waals surface area (Å²) < 4.78 is 23.3. The van der Waals surface area contributed by atoms with Crippen molar-refractivity contribution in [1.29, 1.82) is 0 Å². The van der Waals surface area contributed by atoms with Crippen LogP contribution in [0.3, 0.4) is 0 Å². The second kappa shape index (κ2) is 12.6. The van der Waals surface area contributed by atoms with E-state index in [0.29, 0.717) is 18.6 Å². The normalized spacial score (nSPS) is 21.0. The van der Waals surface area contributed by atoms with Crippen LogP contribution in [0, 0.1) is 0 Å². The van der Waals surface area contributed by atoms with Gasteiger partial charge in [-0.15, -0.1) is 24.0 Å². The number of hydrogen-bond acceptors (Lipinski definition) is 4. The number of nitrogens with one attached hydrogen (secondary N) is 2. The van der Waals surface area contributed by atoms with Crippen molar-refractivity contribution < 1.29 is 8.42 Å². The summed E-state index contributed by atoms with van der Waals surface area (Å²) in [4.78, 5) is 6.97. The fourth-order valence-corrected chi connectivity index (χ4v) is 4.02. The molecule has 0 spiro atoms. The van der Waals surface area contributed by atoms with Gasteiger partial charge in [0.2, 0.25) is 0 Å². The lowest BCUT2D eigenvalue weighted by Crippen LogP contribution is -2.51. The van der Waals surface area contributed by atoms with Gasteiger partial charge in [-0.2, -0.15) is 0 Å². The molecule has 1 aromatic rings. The van der Waals surface area contributed by atoms with Crippen molar-refractivity contribution in [2.45, 2.75) is 52.2 Å². The van der Waals surface area contributed by atoms with Crippen LogP contribution in [0.2, 0.25) is 0 Å². The van der Waals surface area contributed by atoms with Gasteiger partial charge in [-0.3, -0.25) is 9.89 Å². The average molecular weight is 522 g/mol. The van der Waals surface area contributed by atoms with E-state index in [2.05, 4.69) is 57.8 Å². The third-order valence-electron chi connectivity index (χ3n) is 5.04. The third kappa shape index (κ3) is 8.65. The van der Waals surface area contributed by atoms with Crippen molar-refractivity contribution in [3.8, 4) is 0 Å². The Bertz CT molecular complexity index is 697. The maximum absolute atomic E-state index is 11.6. The standard InChI is InChI=1S/C20H34N4O2S.HI/c1-4-21-20(22-12-14-27(25,26)5-2)23-19-11-13-24(17(3)15-19)16-18-9-7-6-8-10-18;/h6-10,17,19H,4-5,11-16H2,1-3H3,(H2,21,22,23);1H. The molecule has 28 heavy (non-hydrogen) atoms. The molecule has 160 valence electrons. The maximum Gasteiger partial charge on any atom is 0.191 e. The number of piperidine rings is 1. The lowest BCUT2D eigenvalue weighted by atomic mass is 9.97. The molecule has 6 nitrogen and oxygen atoms in total. The van der Waals surface area contributed by atoms with Crippen molar-refractivity contribution in [2.75, 3.05) is 31.1 Å². The van der Waals surface area contributed by atoms with Crippen LogP contribution in [0.1, 0.15) is 39.2 Å². The average Bonchev–Trinajstić information content (AvgIpc) is 2.65. The van der Waals surface area contributed by atoms with Crippen LogP contribution in [0.15, 0.2) is 35.3 Å². The number of hydrogen-bond donors (Lipinski definition) is 2. The van der Waals surface area contributed by atoms with Crippen molar-refractivity contribution >= 4 is 39.8 Å². The van der Waals surface area contributed by atoms with Gasteiger partial charge in [0.25, 0.3) is 0 Å². The van der Waals surface area contributed by atoms with Gasteiger partial charge in [0, 0.05) is 37.5 Å². The Morgan fingerprint density at radius 2 is 1.96 bits per heavy atom. The van der Waals surface area contributed by atoms with Gasteiger partial charge in [0.05, 0.1) is 12.3 Å². The molecule has 0 aromatic heterocycles. The second-order valence-corrected chi connectivity index (χ2v) is 9.64. The lowest BCUT2D eigenvalue weighted by molar-refractivity contribution is 0.134. The van der Waals surface area contributed by atoms with Crippen LogP contribution >= 0.6 is 24.0 Å². The van der Waals surface area contributed by atoms with Crippen molar-refractivity contribution in [3.05, 3.63) is 35.9 Å². The summed E-state index contributed by atoms with van der Waals surface area (Å²) in [7, 11) is -2.98. The number of guanidine groups is 1. The van der Waals surface area contributed by atoms with Gasteiger partial charge >= 0.3 is 0 Å². The molecule has 1 heterocycles.